The van der Waals surface area contributed by atoms with E-state index in [1.807, 2.05) is 18.3 Å². The van der Waals surface area contributed by atoms with Gasteiger partial charge in [0.2, 0.25) is 5.91 Å². The van der Waals surface area contributed by atoms with Crippen molar-refractivity contribution in [1.82, 2.24) is 5.32 Å². The molecule has 4 amide bonds. The molecule has 0 fully saturated rings. The highest BCUT2D eigenvalue weighted by Crippen LogP contribution is 2.33. The van der Waals surface area contributed by atoms with Crippen molar-refractivity contribution in [3.8, 4) is 0 Å². The van der Waals surface area contributed by atoms with Crippen LogP contribution in [0.3, 0.4) is 0 Å². The van der Waals surface area contributed by atoms with Crippen LogP contribution in [0.4, 0.5) is 10.5 Å². The van der Waals surface area contributed by atoms with E-state index in [1.165, 1.54) is 0 Å². The van der Waals surface area contributed by atoms with Crippen LogP contribution < -0.4 is 16.0 Å². The highest BCUT2D eigenvalue weighted by molar-refractivity contribution is 6.52. The normalized spacial score (nSPS) is 13.4. The maximum Gasteiger partial charge on any atom is 0.318 e. The van der Waals surface area contributed by atoms with Crippen LogP contribution in [-0.4, -0.2) is 30.2 Å². The lowest BCUT2D eigenvalue weighted by Crippen LogP contribution is -2.44. The summed E-state index contributed by atoms with van der Waals surface area (Å²) in [5.41, 5.74) is 7.08. The third-order valence-electron chi connectivity index (χ3n) is 2.96. The van der Waals surface area contributed by atoms with Crippen LogP contribution in [0.1, 0.15) is 21.5 Å². The number of nitrogens with zero attached hydrogens (tertiary/aromatic N) is 1. The van der Waals surface area contributed by atoms with Gasteiger partial charge in [0, 0.05) is 0 Å². The Morgan fingerprint density at radius 2 is 1.90 bits per heavy atom. The van der Waals surface area contributed by atoms with Gasteiger partial charge >= 0.3 is 6.03 Å². The topological polar surface area (TPSA) is 110 Å². The van der Waals surface area contributed by atoms with Gasteiger partial charge in [0.25, 0.3) is 11.7 Å². The number of fused-ring (bicyclic) bond motifs is 1. The van der Waals surface area contributed by atoms with Gasteiger partial charge in [0.05, 0.1) is 11.3 Å². The summed E-state index contributed by atoms with van der Waals surface area (Å²) in [6, 6.07) is 2.41. The first-order valence-electron chi connectivity index (χ1n) is 5.88. The minimum Gasteiger partial charge on any atom is -0.351 e. The predicted octanol–water partition coefficient (Wildman–Crippen LogP) is 0.0276. The largest absolute Gasteiger partial charge is 0.351 e. The van der Waals surface area contributed by atoms with E-state index in [0.717, 1.165) is 10.5 Å². The van der Waals surface area contributed by atoms with E-state index < -0.39 is 30.2 Å². The van der Waals surface area contributed by atoms with Gasteiger partial charge < -0.3 is 5.73 Å². The molecule has 0 saturated heterocycles. The number of anilines is 1. The zero-order valence-corrected chi connectivity index (χ0v) is 11.0. The van der Waals surface area contributed by atoms with Crippen molar-refractivity contribution in [1.29, 1.82) is 0 Å². The number of urea groups is 1. The lowest BCUT2D eigenvalue weighted by molar-refractivity contribution is -0.121. The average Bonchev–Trinajstić information content (AvgIpc) is 2.53. The summed E-state index contributed by atoms with van der Waals surface area (Å²) in [7, 11) is 0. The van der Waals surface area contributed by atoms with Crippen molar-refractivity contribution >= 4 is 29.3 Å². The number of carbonyl (C=O) groups is 4. The quantitative estimate of drug-likeness (QED) is 0.742. The molecule has 0 atom stereocenters. The standard InChI is InChI=1S/C13H13N3O4/c1-6-3-7(2)10-8(4-6)11(18)12(19)16(10)5-9(17)15-13(14)20/h3-4H,5H2,1-2H3,(H3,14,15,17,20). The number of nitrogens with one attached hydrogen (secondary N) is 1. The van der Waals surface area contributed by atoms with E-state index in [0.29, 0.717) is 11.3 Å². The zero-order valence-electron chi connectivity index (χ0n) is 11.0. The van der Waals surface area contributed by atoms with Crippen molar-refractivity contribution in [2.24, 2.45) is 5.73 Å². The van der Waals surface area contributed by atoms with E-state index in [4.69, 9.17) is 5.73 Å². The monoisotopic (exact) mass is 275 g/mol. The molecule has 0 aliphatic carbocycles. The maximum absolute atomic E-state index is 11.9. The Hall–Kier alpha value is -2.70. The molecular weight excluding hydrogens is 262 g/mol. The Kier molecular flexibility index (Phi) is 3.27. The highest BCUT2D eigenvalue weighted by Gasteiger charge is 2.38. The second-order valence-corrected chi connectivity index (χ2v) is 4.61. The fourth-order valence-corrected chi connectivity index (χ4v) is 2.30. The Bertz CT molecular complexity index is 651. The first kappa shape index (κ1) is 13.7. The molecule has 7 heteroatoms. The van der Waals surface area contributed by atoms with Crippen LogP contribution in [0.25, 0.3) is 0 Å². The fraction of sp³-hybridized carbons (Fsp3) is 0.231. The minimum atomic E-state index is -1.01. The van der Waals surface area contributed by atoms with Gasteiger partial charge in [-0.3, -0.25) is 24.6 Å². The molecule has 0 unspecified atom stereocenters. The molecule has 7 nitrogen and oxygen atoms in total. The number of primary amides is 1. The third kappa shape index (κ3) is 2.25. The van der Waals surface area contributed by atoms with E-state index in [1.54, 1.807) is 13.0 Å². The van der Waals surface area contributed by atoms with Gasteiger partial charge in [0.1, 0.15) is 6.54 Å². The van der Waals surface area contributed by atoms with Crippen LogP contribution in [-0.2, 0) is 9.59 Å². The zero-order chi connectivity index (χ0) is 15.0. The van der Waals surface area contributed by atoms with Crippen LogP contribution in [0.5, 0.6) is 0 Å². The van der Waals surface area contributed by atoms with Gasteiger partial charge in [-0.2, -0.15) is 0 Å². The summed E-state index contributed by atoms with van der Waals surface area (Å²) in [5.74, 6) is -2.18. The molecule has 1 aromatic carbocycles. The van der Waals surface area contributed by atoms with Crippen LogP contribution in [0, 0.1) is 13.8 Å². The Morgan fingerprint density at radius 1 is 1.25 bits per heavy atom. The molecule has 2 rings (SSSR count). The molecule has 3 N–H and O–H groups in total. The molecule has 1 aromatic rings. The van der Waals surface area contributed by atoms with Crippen LogP contribution >= 0.6 is 0 Å². The number of carbonyl (C=O) groups excluding carboxylic acids is 4. The highest BCUT2D eigenvalue weighted by atomic mass is 16.2. The van der Waals surface area contributed by atoms with E-state index in [2.05, 4.69) is 0 Å². The number of benzene rings is 1. The first-order chi connectivity index (χ1) is 9.31. The first-order valence-corrected chi connectivity index (χ1v) is 5.88. The fourth-order valence-electron chi connectivity index (χ4n) is 2.30. The Labute approximate surface area is 114 Å². The number of nitrogens with two attached hydrogens (primary N) is 1. The van der Waals surface area contributed by atoms with Crippen LogP contribution in [0.15, 0.2) is 12.1 Å². The van der Waals surface area contributed by atoms with Gasteiger partial charge in [-0.05, 0) is 31.0 Å². The molecule has 0 spiro atoms. The molecule has 1 aliphatic rings. The molecule has 0 radical (unpaired) electrons. The molecule has 0 saturated carbocycles. The summed E-state index contributed by atoms with van der Waals surface area (Å²) >= 11 is 0. The van der Waals surface area contributed by atoms with Gasteiger partial charge in [-0.25, -0.2) is 4.79 Å². The maximum atomic E-state index is 11.9. The molecule has 104 valence electrons. The van der Waals surface area contributed by atoms with Gasteiger partial charge in [0.15, 0.2) is 0 Å². The number of imide groups is 1. The number of rotatable bonds is 2. The average molecular weight is 275 g/mol. The summed E-state index contributed by atoms with van der Waals surface area (Å²) in [4.78, 5) is 47.0. The number of ketones is 1. The van der Waals surface area contributed by atoms with Gasteiger partial charge in [-0.15, -0.1) is 0 Å². The summed E-state index contributed by atoms with van der Waals surface area (Å²) in [6.45, 7) is 3.13. The summed E-state index contributed by atoms with van der Waals surface area (Å²) in [5, 5.41) is 1.86. The van der Waals surface area contributed by atoms with E-state index in [-0.39, 0.29) is 5.56 Å². The molecule has 0 bridgehead atoms. The lowest BCUT2D eigenvalue weighted by atomic mass is 10.0. The SMILES string of the molecule is Cc1cc(C)c2c(c1)C(=O)C(=O)N2CC(=O)NC(N)=O. The molecule has 1 heterocycles. The summed E-state index contributed by atoms with van der Waals surface area (Å²) in [6.07, 6.45) is 0. The third-order valence-corrected chi connectivity index (χ3v) is 2.96. The molecule has 1 aliphatic heterocycles. The van der Waals surface area contributed by atoms with Gasteiger partial charge in [-0.1, -0.05) is 6.07 Å². The molecule has 0 aromatic heterocycles. The number of amides is 4. The van der Waals surface area contributed by atoms with Crippen molar-refractivity contribution < 1.29 is 19.2 Å². The van der Waals surface area contributed by atoms with Crippen molar-refractivity contribution in [3.63, 3.8) is 0 Å². The molecule has 20 heavy (non-hydrogen) atoms. The second-order valence-electron chi connectivity index (χ2n) is 4.61. The van der Waals surface area contributed by atoms with Crippen molar-refractivity contribution in [2.75, 3.05) is 11.4 Å². The number of aryl methyl sites for hydroxylation is 2. The predicted molar refractivity (Wildman–Crippen MR) is 70.3 cm³/mol. The van der Waals surface area contributed by atoms with Crippen LogP contribution in [0.2, 0.25) is 0 Å². The van der Waals surface area contributed by atoms with Crippen molar-refractivity contribution in [2.45, 2.75) is 13.8 Å². The second kappa shape index (κ2) is 4.76. The Balaban J connectivity index is 2.38. The van der Waals surface area contributed by atoms with Crippen molar-refractivity contribution in [3.05, 3.63) is 28.8 Å². The smallest absolute Gasteiger partial charge is 0.318 e. The minimum absolute atomic E-state index is 0.277. The van der Waals surface area contributed by atoms with E-state index in [9.17, 15) is 19.2 Å². The van der Waals surface area contributed by atoms with E-state index >= 15 is 0 Å². The lowest BCUT2D eigenvalue weighted by Gasteiger charge is -2.17. The number of Topliss-reactive ketones (excluding diaryl/α,β-unsaturated/α-hetero) is 1. The summed E-state index contributed by atoms with van der Waals surface area (Å²) < 4.78 is 0. The number of hydrogen-bond donors (Lipinski definition) is 2. The number of hydrogen-bond acceptors (Lipinski definition) is 4. The molecular formula is C13H13N3O4. The Morgan fingerprint density at radius 3 is 2.50 bits per heavy atom.